The highest BCUT2D eigenvalue weighted by Gasteiger charge is 2.07. The fourth-order valence-electron chi connectivity index (χ4n) is 2.51. The second kappa shape index (κ2) is 7.33. The van der Waals surface area contributed by atoms with Crippen LogP contribution in [0.25, 0.3) is 10.9 Å². The molecule has 0 atom stereocenters. The molecule has 0 spiro atoms. The van der Waals surface area contributed by atoms with Gasteiger partial charge in [0.1, 0.15) is 12.4 Å². The molecule has 1 N–H and O–H groups in total. The van der Waals surface area contributed by atoms with Gasteiger partial charge in [0.05, 0.1) is 28.6 Å². The Bertz CT molecular complexity index is 1030. The van der Waals surface area contributed by atoms with Crippen molar-refractivity contribution in [3.8, 4) is 5.75 Å². The van der Waals surface area contributed by atoms with Crippen molar-refractivity contribution in [1.29, 1.82) is 0 Å². The highest BCUT2D eigenvalue weighted by Crippen LogP contribution is 2.18. The summed E-state index contributed by atoms with van der Waals surface area (Å²) < 4.78 is 5.65. The van der Waals surface area contributed by atoms with Gasteiger partial charge in [0, 0.05) is 16.3 Å². The smallest absolute Gasteiger partial charge is 0.255 e. The first kappa shape index (κ1) is 16.2. The van der Waals surface area contributed by atoms with Crippen LogP contribution in [-0.2, 0) is 6.61 Å². The molecule has 0 aliphatic heterocycles. The molecule has 128 valence electrons. The monoisotopic (exact) mass is 361 g/mol. The van der Waals surface area contributed by atoms with Crippen LogP contribution in [0.5, 0.6) is 5.75 Å². The summed E-state index contributed by atoms with van der Waals surface area (Å²) in [6.45, 7) is 0.414. The van der Waals surface area contributed by atoms with E-state index < -0.39 is 0 Å². The van der Waals surface area contributed by atoms with Crippen molar-refractivity contribution < 1.29 is 9.53 Å². The minimum Gasteiger partial charge on any atom is -0.487 e. The Morgan fingerprint density at radius 2 is 1.92 bits per heavy atom. The van der Waals surface area contributed by atoms with E-state index >= 15 is 0 Å². The normalized spacial score (nSPS) is 10.6. The van der Waals surface area contributed by atoms with Gasteiger partial charge in [-0.3, -0.25) is 9.78 Å². The SMILES string of the molecule is O=C(Nc1cnc2ccccc2c1)c1ccc(OCc2cscn2)cc1. The average molecular weight is 361 g/mol. The maximum Gasteiger partial charge on any atom is 0.255 e. The molecule has 6 heteroatoms. The van der Waals surface area contributed by atoms with Crippen molar-refractivity contribution in [2.45, 2.75) is 6.61 Å². The molecular weight excluding hydrogens is 346 g/mol. The van der Waals surface area contributed by atoms with Crippen LogP contribution in [0.15, 0.2) is 71.7 Å². The van der Waals surface area contributed by atoms with E-state index in [-0.39, 0.29) is 5.91 Å². The maximum absolute atomic E-state index is 12.4. The molecule has 26 heavy (non-hydrogen) atoms. The van der Waals surface area contributed by atoms with E-state index in [1.54, 1.807) is 36.0 Å². The number of hydrogen-bond donors (Lipinski definition) is 1. The third-order valence-corrected chi connectivity index (χ3v) is 4.47. The first-order valence-corrected chi connectivity index (χ1v) is 8.98. The summed E-state index contributed by atoms with van der Waals surface area (Å²) in [5.74, 6) is 0.509. The molecule has 2 heterocycles. The predicted molar refractivity (Wildman–Crippen MR) is 103 cm³/mol. The standard InChI is InChI=1S/C20H15N3O2S/c24-20(23-16-9-15-3-1-2-4-19(15)21-10-16)14-5-7-18(8-6-14)25-11-17-12-26-13-22-17/h1-10,12-13H,11H2,(H,23,24). The Morgan fingerprint density at radius 1 is 1.08 bits per heavy atom. The Morgan fingerprint density at radius 3 is 2.73 bits per heavy atom. The van der Waals surface area contributed by atoms with Gasteiger partial charge >= 0.3 is 0 Å². The summed E-state index contributed by atoms with van der Waals surface area (Å²) in [6.07, 6.45) is 1.66. The van der Waals surface area contributed by atoms with Crippen LogP contribution in [0.3, 0.4) is 0 Å². The third-order valence-electron chi connectivity index (χ3n) is 3.84. The van der Waals surface area contributed by atoms with Crippen LogP contribution in [0, 0.1) is 0 Å². The first-order chi connectivity index (χ1) is 12.8. The minimum atomic E-state index is -0.187. The Balaban J connectivity index is 1.42. The summed E-state index contributed by atoms with van der Waals surface area (Å²) in [5.41, 5.74) is 4.78. The van der Waals surface area contributed by atoms with E-state index in [9.17, 15) is 4.79 Å². The Hall–Kier alpha value is -3.25. The fraction of sp³-hybridized carbons (Fsp3) is 0.0500. The molecule has 0 saturated heterocycles. The third kappa shape index (κ3) is 3.70. The number of nitrogens with zero attached hydrogens (tertiary/aromatic N) is 2. The van der Waals surface area contributed by atoms with Gasteiger partial charge in [-0.1, -0.05) is 18.2 Å². The molecule has 5 nitrogen and oxygen atoms in total. The molecule has 0 radical (unpaired) electrons. The van der Waals surface area contributed by atoms with Gasteiger partial charge in [0.2, 0.25) is 0 Å². The molecule has 0 aliphatic carbocycles. The number of pyridine rings is 1. The zero-order valence-electron chi connectivity index (χ0n) is 13.8. The van der Waals surface area contributed by atoms with E-state index in [0.717, 1.165) is 16.6 Å². The Labute approximate surface area is 154 Å². The van der Waals surface area contributed by atoms with E-state index in [2.05, 4.69) is 15.3 Å². The number of nitrogens with one attached hydrogen (secondary N) is 1. The summed E-state index contributed by atoms with van der Waals surface area (Å²) in [4.78, 5) is 20.9. The lowest BCUT2D eigenvalue weighted by atomic mass is 10.2. The summed E-state index contributed by atoms with van der Waals surface area (Å²) in [5, 5.41) is 5.80. The number of rotatable bonds is 5. The van der Waals surface area contributed by atoms with Crippen molar-refractivity contribution in [1.82, 2.24) is 9.97 Å². The lowest BCUT2D eigenvalue weighted by Crippen LogP contribution is -2.12. The molecule has 4 aromatic rings. The number of ether oxygens (including phenoxy) is 1. The minimum absolute atomic E-state index is 0.187. The van der Waals surface area contributed by atoms with E-state index in [1.165, 1.54) is 11.3 Å². The maximum atomic E-state index is 12.4. The number of carbonyl (C=O) groups is 1. The molecule has 0 fully saturated rings. The molecule has 0 aliphatic rings. The van der Waals surface area contributed by atoms with Crippen LogP contribution in [0.4, 0.5) is 5.69 Å². The van der Waals surface area contributed by atoms with Gasteiger partial charge < -0.3 is 10.1 Å². The van der Waals surface area contributed by atoms with Gasteiger partial charge in [-0.05, 0) is 36.4 Å². The van der Waals surface area contributed by atoms with Crippen molar-refractivity contribution in [2.75, 3.05) is 5.32 Å². The second-order valence-corrected chi connectivity index (χ2v) is 6.38. The van der Waals surface area contributed by atoms with Crippen molar-refractivity contribution in [3.63, 3.8) is 0 Å². The fourth-order valence-corrected chi connectivity index (χ4v) is 3.05. The molecular formula is C20H15N3O2S. The van der Waals surface area contributed by atoms with Gasteiger partial charge in [-0.2, -0.15) is 0 Å². The number of benzene rings is 2. The molecule has 4 rings (SSSR count). The second-order valence-electron chi connectivity index (χ2n) is 5.66. The van der Waals surface area contributed by atoms with Crippen LogP contribution in [0.1, 0.15) is 16.1 Å². The molecule has 0 unspecified atom stereocenters. The summed E-state index contributed by atoms with van der Waals surface area (Å²) >= 11 is 1.53. The number of para-hydroxylation sites is 1. The van der Waals surface area contributed by atoms with Gasteiger partial charge in [-0.15, -0.1) is 11.3 Å². The number of hydrogen-bond acceptors (Lipinski definition) is 5. The van der Waals surface area contributed by atoms with E-state index in [0.29, 0.717) is 23.6 Å². The number of anilines is 1. The van der Waals surface area contributed by atoms with Gasteiger partial charge in [0.25, 0.3) is 5.91 Å². The zero-order chi connectivity index (χ0) is 17.8. The first-order valence-electron chi connectivity index (χ1n) is 8.04. The summed E-state index contributed by atoms with van der Waals surface area (Å²) in [6, 6.07) is 16.7. The number of carbonyl (C=O) groups excluding carboxylic acids is 1. The van der Waals surface area contributed by atoms with Crippen LogP contribution >= 0.6 is 11.3 Å². The molecule has 1 amide bonds. The van der Waals surface area contributed by atoms with Crippen LogP contribution < -0.4 is 10.1 Å². The van der Waals surface area contributed by atoms with Crippen LogP contribution in [-0.4, -0.2) is 15.9 Å². The average Bonchev–Trinajstić information content (AvgIpc) is 3.20. The van der Waals surface area contributed by atoms with Crippen molar-refractivity contribution >= 4 is 33.8 Å². The molecule has 0 saturated carbocycles. The Kier molecular flexibility index (Phi) is 4.57. The topological polar surface area (TPSA) is 64.1 Å². The predicted octanol–water partition coefficient (Wildman–Crippen LogP) is 4.52. The van der Waals surface area contributed by atoms with Gasteiger partial charge in [0.15, 0.2) is 0 Å². The van der Waals surface area contributed by atoms with E-state index in [1.807, 2.05) is 35.7 Å². The molecule has 2 aromatic carbocycles. The summed E-state index contributed by atoms with van der Waals surface area (Å²) in [7, 11) is 0. The van der Waals surface area contributed by atoms with Crippen LogP contribution in [0.2, 0.25) is 0 Å². The lowest BCUT2D eigenvalue weighted by molar-refractivity contribution is 0.102. The highest BCUT2D eigenvalue weighted by molar-refractivity contribution is 7.07. The molecule has 2 aromatic heterocycles. The number of fused-ring (bicyclic) bond motifs is 1. The zero-order valence-corrected chi connectivity index (χ0v) is 14.6. The highest BCUT2D eigenvalue weighted by atomic mass is 32.1. The van der Waals surface area contributed by atoms with E-state index in [4.69, 9.17) is 4.74 Å². The largest absolute Gasteiger partial charge is 0.487 e. The number of amides is 1. The quantitative estimate of drug-likeness (QED) is 0.567. The van der Waals surface area contributed by atoms with Crippen molar-refractivity contribution in [3.05, 3.63) is 82.9 Å². The van der Waals surface area contributed by atoms with Crippen molar-refractivity contribution in [2.24, 2.45) is 0 Å². The number of aromatic nitrogens is 2. The number of thiazole rings is 1. The lowest BCUT2D eigenvalue weighted by Gasteiger charge is -2.08. The molecule has 0 bridgehead atoms. The van der Waals surface area contributed by atoms with Gasteiger partial charge in [-0.25, -0.2) is 4.98 Å².